The van der Waals surface area contributed by atoms with Crippen molar-refractivity contribution in [3.63, 3.8) is 0 Å². The van der Waals surface area contributed by atoms with E-state index in [2.05, 4.69) is 17.1 Å². The van der Waals surface area contributed by atoms with Crippen LogP contribution < -0.4 is 0 Å². The zero-order valence-corrected chi connectivity index (χ0v) is 14.2. The first-order chi connectivity index (χ1) is 11.2. The van der Waals surface area contributed by atoms with Crippen molar-refractivity contribution in [1.82, 2.24) is 15.0 Å². The quantitative estimate of drug-likeness (QED) is 0.740. The molecule has 120 valence electrons. The number of aromatic nitrogens is 2. The molecule has 0 N–H and O–H groups in total. The Kier molecular flexibility index (Phi) is 4.92. The fraction of sp³-hybridized carbons (Fsp3) is 0.333. The number of hydrogen-bond donors (Lipinski definition) is 0. The van der Waals surface area contributed by atoms with E-state index in [9.17, 15) is 9.59 Å². The fourth-order valence-electron chi connectivity index (χ4n) is 2.06. The summed E-state index contributed by atoms with van der Waals surface area (Å²) in [7, 11) is 0. The van der Waals surface area contributed by atoms with E-state index in [-0.39, 0.29) is 23.6 Å². The van der Waals surface area contributed by atoms with Crippen LogP contribution in [0.3, 0.4) is 0 Å². The molecule has 0 aliphatic carbocycles. The van der Waals surface area contributed by atoms with Crippen molar-refractivity contribution in [3.8, 4) is 0 Å². The summed E-state index contributed by atoms with van der Waals surface area (Å²) in [5.41, 5.74) is 0. The number of carbonyl (C=O) groups excluding carboxylic acids is 2. The third-order valence-electron chi connectivity index (χ3n) is 3.25. The van der Waals surface area contributed by atoms with E-state index in [4.69, 9.17) is 4.52 Å². The lowest BCUT2D eigenvalue weighted by molar-refractivity contribution is -0.123. The van der Waals surface area contributed by atoms with Crippen molar-refractivity contribution in [1.29, 1.82) is 0 Å². The summed E-state index contributed by atoms with van der Waals surface area (Å²) in [6, 6.07) is 3.80. The van der Waals surface area contributed by atoms with E-state index in [0.717, 1.165) is 40.8 Å². The first-order valence-corrected chi connectivity index (χ1v) is 8.97. The van der Waals surface area contributed by atoms with Crippen molar-refractivity contribution in [2.24, 2.45) is 0 Å². The van der Waals surface area contributed by atoms with Crippen molar-refractivity contribution in [2.75, 3.05) is 0 Å². The molecule has 8 heteroatoms. The molecule has 23 heavy (non-hydrogen) atoms. The van der Waals surface area contributed by atoms with E-state index in [1.807, 2.05) is 17.5 Å². The van der Waals surface area contributed by atoms with Gasteiger partial charge in [0.1, 0.15) is 6.54 Å². The number of amides is 2. The molecule has 0 aromatic carbocycles. The van der Waals surface area contributed by atoms with E-state index >= 15 is 0 Å². The van der Waals surface area contributed by atoms with Crippen LogP contribution in [0.2, 0.25) is 0 Å². The van der Waals surface area contributed by atoms with Crippen LogP contribution in [-0.2, 0) is 17.8 Å². The van der Waals surface area contributed by atoms with Crippen LogP contribution in [0.1, 0.15) is 36.4 Å². The van der Waals surface area contributed by atoms with Crippen LogP contribution in [0.25, 0.3) is 6.08 Å². The van der Waals surface area contributed by atoms with Crippen LogP contribution in [-0.4, -0.2) is 26.2 Å². The van der Waals surface area contributed by atoms with Gasteiger partial charge in [-0.05, 0) is 35.7 Å². The summed E-state index contributed by atoms with van der Waals surface area (Å²) in [5.74, 6) is 0.584. The molecule has 2 aromatic rings. The fourth-order valence-corrected chi connectivity index (χ4v) is 3.63. The van der Waals surface area contributed by atoms with E-state index in [1.54, 1.807) is 6.08 Å². The number of unbranched alkanes of at least 4 members (excludes halogenated alkanes) is 1. The first kappa shape index (κ1) is 15.9. The van der Waals surface area contributed by atoms with E-state index in [1.165, 1.54) is 11.3 Å². The Morgan fingerprint density at radius 3 is 3.00 bits per heavy atom. The Balaban J connectivity index is 1.69. The van der Waals surface area contributed by atoms with Crippen LogP contribution in [0.5, 0.6) is 0 Å². The van der Waals surface area contributed by atoms with Crippen molar-refractivity contribution in [2.45, 2.75) is 32.7 Å². The predicted molar refractivity (Wildman–Crippen MR) is 88.7 cm³/mol. The highest BCUT2D eigenvalue weighted by Gasteiger charge is 2.36. The number of hydrogen-bond acceptors (Lipinski definition) is 7. The van der Waals surface area contributed by atoms with Gasteiger partial charge in [-0.1, -0.05) is 24.6 Å². The Hall–Kier alpha value is -1.93. The van der Waals surface area contributed by atoms with Crippen molar-refractivity contribution in [3.05, 3.63) is 39.0 Å². The van der Waals surface area contributed by atoms with E-state index < -0.39 is 0 Å². The largest absolute Gasteiger partial charge is 0.337 e. The number of aryl methyl sites for hydroxylation is 1. The molecule has 0 unspecified atom stereocenters. The molecular formula is C15H15N3O3S2. The topological polar surface area (TPSA) is 76.3 Å². The van der Waals surface area contributed by atoms with Gasteiger partial charge in [0.2, 0.25) is 5.89 Å². The minimum Gasteiger partial charge on any atom is -0.337 e. The molecule has 6 nitrogen and oxygen atoms in total. The molecule has 3 rings (SSSR count). The molecule has 3 heterocycles. The molecule has 0 saturated carbocycles. The molecule has 1 fully saturated rings. The molecule has 1 saturated heterocycles. The van der Waals surface area contributed by atoms with Gasteiger partial charge in [0, 0.05) is 11.3 Å². The van der Waals surface area contributed by atoms with Gasteiger partial charge < -0.3 is 4.52 Å². The number of imide groups is 1. The monoisotopic (exact) mass is 349 g/mol. The lowest BCUT2D eigenvalue weighted by Crippen LogP contribution is -2.27. The Morgan fingerprint density at radius 1 is 1.39 bits per heavy atom. The van der Waals surface area contributed by atoms with Crippen molar-refractivity contribution < 1.29 is 14.1 Å². The van der Waals surface area contributed by atoms with Crippen molar-refractivity contribution >= 4 is 40.3 Å². The molecule has 2 aromatic heterocycles. The average Bonchev–Trinajstić information content (AvgIpc) is 3.25. The summed E-state index contributed by atoms with van der Waals surface area (Å²) in [5, 5.41) is 5.48. The standard InChI is InChI=1S/C15H15N3O3S2/c1-2-3-6-12-16-13(21-17-12)9-18-14(19)11(23-15(18)20)8-10-5-4-7-22-10/h4-5,7-8H,2-3,6,9H2,1H3/b11-8-. The molecular weight excluding hydrogens is 334 g/mol. The summed E-state index contributed by atoms with van der Waals surface area (Å²) in [6.07, 6.45) is 4.49. The second kappa shape index (κ2) is 7.10. The molecule has 0 radical (unpaired) electrons. The summed E-state index contributed by atoms with van der Waals surface area (Å²) < 4.78 is 5.13. The highest BCUT2D eigenvalue weighted by atomic mass is 32.2. The SMILES string of the molecule is CCCCc1noc(CN2C(=O)S/C(=C\c3cccs3)C2=O)n1. The van der Waals surface area contributed by atoms with Gasteiger partial charge in [-0.2, -0.15) is 4.98 Å². The molecule has 0 bridgehead atoms. The minimum absolute atomic E-state index is 0.0194. The zero-order valence-electron chi connectivity index (χ0n) is 12.5. The molecule has 1 aliphatic heterocycles. The number of nitrogens with zero attached hydrogens (tertiary/aromatic N) is 3. The molecule has 1 aliphatic rings. The Labute approximate surface area is 141 Å². The van der Waals surface area contributed by atoms with Gasteiger partial charge in [-0.3, -0.25) is 14.5 Å². The Morgan fingerprint density at radius 2 is 2.26 bits per heavy atom. The van der Waals surface area contributed by atoms with Gasteiger partial charge >= 0.3 is 0 Å². The highest BCUT2D eigenvalue weighted by molar-refractivity contribution is 8.18. The number of thioether (sulfide) groups is 1. The number of thiophene rings is 1. The third kappa shape index (κ3) is 3.70. The first-order valence-electron chi connectivity index (χ1n) is 7.27. The smallest absolute Gasteiger partial charge is 0.294 e. The van der Waals surface area contributed by atoms with Crippen LogP contribution >= 0.6 is 23.1 Å². The van der Waals surface area contributed by atoms with Gasteiger partial charge in [-0.25, -0.2) is 0 Å². The molecule has 0 spiro atoms. The number of rotatable bonds is 6. The minimum atomic E-state index is -0.318. The van der Waals surface area contributed by atoms with Gasteiger partial charge in [0.15, 0.2) is 5.82 Å². The third-order valence-corrected chi connectivity index (χ3v) is 4.97. The predicted octanol–water partition coefficient (Wildman–Crippen LogP) is 3.71. The average molecular weight is 349 g/mol. The highest BCUT2D eigenvalue weighted by Crippen LogP contribution is 2.33. The maximum atomic E-state index is 12.4. The van der Waals surface area contributed by atoms with Gasteiger partial charge in [0.25, 0.3) is 11.1 Å². The normalized spacial score (nSPS) is 16.7. The summed E-state index contributed by atoms with van der Waals surface area (Å²) in [4.78, 5) is 31.1. The summed E-state index contributed by atoms with van der Waals surface area (Å²) in [6.45, 7) is 2.10. The zero-order chi connectivity index (χ0) is 16.2. The summed E-state index contributed by atoms with van der Waals surface area (Å²) >= 11 is 2.45. The second-order valence-corrected chi connectivity index (χ2v) is 6.96. The van der Waals surface area contributed by atoms with Gasteiger partial charge in [-0.15, -0.1) is 11.3 Å². The second-order valence-electron chi connectivity index (χ2n) is 4.99. The lowest BCUT2D eigenvalue weighted by Gasteiger charge is -2.08. The lowest BCUT2D eigenvalue weighted by atomic mass is 10.2. The molecule has 2 amide bonds. The number of carbonyl (C=O) groups is 2. The van der Waals surface area contributed by atoms with E-state index in [0.29, 0.717) is 10.7 Å². The van der Waals surface area contributed by atoms with Crippen LogP contribution in [0.15, 0.2) is 26.9 Å². The van der Waals surface area contributed by atoms with Gasteiger partial charge in [0.05, 0.1) is 4.91 Å². The molecule has 0 atom stereocenters. The van der Waals surface area contributed by atoms with Crippen LogP contribution in [0.4, 0.5) is 4.79 Å². The van der Waals surface area contributed by atoms with Crippen LogP contribution in [0, 0.1) is 0 Å². The Bertz CT molecular complexity index is 737. The maximum absolute atomic E-state index is 12.4. The maximum Gasteiger partial charge on any atom is 0.294 e.